The summed E-state index contributed by atoms with van der Waals surface area (Å²) >= 11 is 3.54. The van der Waals surface area contributed by atoms with E-state index >= 15 is 0 Å². The van der Waals surface area contributed by atoms with Crippen LogP contribution >= 0.6 is 15.9 Å². The Hall–Kier alpha value is -3.13. The zero-order valence-electron chi connectivity index (χ0n) is 22.9. The van der Waals surface area contributed by atoms with Crippen LogP contribution < -0.4 is 9.47 Å². The second kappa shape index (κ2) is 13.0. The van der Waals surface area contributed by atoms with Crippen molar-refractivity contribution < 1.29 is 9.47 Å². The third-order valence-corrected chi connectivity index (χ3v) is 8.37. The van der Waals surface area contributed by atoms with Gasteiger partial charge in [-0.3, -0.25) is 9.80 Å². The molecule has 0 spiro atoms. The molecule has 2 aliphatic rings. The molecule has 7 heteroatoms. The van der Waals surface area contributed by atoms with Gasteiger partial charge < -0.3 is 14.5 Å². The fraction of sp³-hybridized carbons (Fsp3) is 0.364. The Balaban J connectivity index is 1.19. The monoisotopic (exact) mass is 600 g/mol. The molecule has 40 heavy (non-hydrogen) atoms. The number of likely N-dealkylation sites (tertiary alicyclic amines) is 2. The summed E-state index contributed by atoms with van der Waals surface area (Å²) in [6.07, 6.45) is 5.21. The Labute approximate surface area is 245 Å². The molecule has 0 bridgehead atoms. The molecule has 1 N–H and O–H groups in total. The number of aromatic amines is 1. The second-order valence-electron chi connectivity index (χ2n) is 10.7. The fourth-order valence-corrected chi connectivity index (χ4v) is 5.82. The number of imidazole rings is 1. The average molecular weight is 602 g/mol. The molecule has 0 saturated carbocycles. The lowest BCUT2D eigenvalue weighted by Crippen LogP contribution is -2.25. The maximum atomic E-state index is 6.05. The molecule has 0 aliphatic carbocycles. The Kier molecular flexibility index (Phi) is 8.81. The van der Waals surface area contributed by atoms with Crippen LogP contribution in [0.1, 0.15) is 25.7 Å². The molecule has 2 fully saturated rings. The van der Waals surface area contributed by atoms with Gasteiger partial charge in [0.25, 0.3) is 0 Å². The van der Waals surface area contributed by atoms with E-state index in [4.69, 9.17) is 14.5 Å². The van der Waals surface area contributed by atoms with Crippen molar-refractivity contribution in [2.24, 2.45) is 0 Å². The predicted molar refractivity (Wildman–Crippen MR) is 165 cm³/mol. The highest BCUT2D eigenvalue weighted by atomic mass is 79.9. The smallest absolute Gasteiger partial charge is 0.138 e. The van der Waals surface area contributed by atoms with E-state index in [1.165, 1.54) is 51.9 Å². The summed E-state index contributed by atoms with van der Waals surface area (Å²) in [5.74, 6) is 2.63. The molecule has 0 atom stereocenters. The normalized spacial score (nSPS) is 16.0. The molecule has 1 aromatic heterocycles. The van der Waals surface area contributed by atoms with Gasteiger partial charge in [0, 0.05) is 34.3 Å². The number of hydrogen-bond donors (Lipinski definition) is 1. The molecule has 0 amide bonds. The highest BCUT2D eigenvalue weighted by Gasteiger charge is 2.17. The third-order valence-electron chi connectivity index (χ3n) is 7.84. The molecule has 3 heterocycles. The Bertz CT molecular complexity index is 1270. The summed E-state index contributed by atoms with van der Waals surface area (Å²) in [7, 11) is 0. The van der Waals surface area contributed by atoms with Crippen LogP contribution in [0, 0.1) is 0 Å². The number of benzene rings is 3. The van der Waals surface area contributed by atoms with E-state index in [1.807, 2.05) is 24.3 Å². The van der Waals surface area contributed by atoms with E-state index in [1.54, 1.807) is 0 Å². The van der Waals surface area contributed by atoms with Crippen molar-refractivity contribution in [1.82, 2.24) is 19.8 Å². The summed E-state index contributed by atoms with van der Waals surface area (Å²) in [4.78, 5) is 13.6. The summed E-state index contributed by atoms with van der Waals surface area (Å²) in [6.45, 7) is 8.17. The first kappa shape index (κ1) is 27.1. The van der Waals surface area contributed by atoms with E-state index in [0.29, 0.717) is 6.61 Å². The first-order valence-corrected chi connectivity index (χ1v) is 15.3. The lowest BCUT2D eigenvalue weighted by Gasteiger charge is -2.15. The number of aromatic nitrogens is 2. The van der Waals surface area contributed by atoms with Crippen LogP contribution in [0.2, 0.25) is 0 Å². The molecule has 4 aromatic rings. The zero-order valence-corrected chi connectivity index (χ0v) is 24.5. The van der Waals surface area contributed by atoms with Gasteiger partial charge in [-0.25, -0.2) is 4.98 Å². The lowest BCUT2D eigenvalue weighted by atomic mass is 10.0. The van der Waals surface area contributed by atoms with E-state index in [0.717, 1.165) is 69.6 Å². The van der Waals surface area contributed by atoms with E-state index in [2.05, 4.69) is 79.2 Å². The predicted octanol–water partition coefficient (Wildman–Crippen LogP) is 7.12. The number of hydrogen-bond acceptors (Lipinski definition) is 5. The van der Waals surface area contributed by atoms with Gasteiger partial charge in [-0.2, -0.15) is 0 Å². The van der Waals surface area contributed by atoms with Crippen molar-refractivity contribution >= 4 is 15.9 Å². The molecular weight excluding hydrogens is 564 g/mol. The van der Waals surface area contributed by atoms with Crippen LogP contribution in [-0.2, 0) is 0 Å². The van der Waals surface area contributed by atoms with E-state index in [-0.39, 0.29) is 0 Å². The van der Waals surface area contributed by atoms with Crippen molar-refractivity contribution in [2.45, 2.75) is 25.7 Å². The van der Waals surface area contributed by atoms with Crippen molar-refractivity contribution in [3.8, 4) is 45.4 Å². The van der Waals surface area contributed by atoms with Crippen LogP contribution in [0.5, 0.6) is 11.5 Å². The van der Waals surface area contributed by atoms with Crippen LogP contribution in [0.15, 0.2) is 77.3 Å². The number of ether oxygens (including phenoxy) is 2. The van der Waals surface area contributed by atoms with E-state index < -0.39 is 0 Å². The second-order valence-corrected chi connectivity index (χ2v) is 11.6. The molecule has 0 radical (unpaired) electrons. The van der Waals surface area contributed by atoms with Gasteiger partial charge in [0.2, 0.25) is 0 Å². The molecule has 6 rings (SSSR count). The molecule has 208 valence electrons. The van der Waals surface area contributed by atoms with Crippen LogP contribution in [0.25, 0.3) is 33.9 Å². The van der Waals surface area contributed by atoms with Gasteiger partial charge in [0.1, 0.15) is 30.5 Å². The van der Waals surface area contributed by atoms with Gasteiger partial charge in [-0.1, -0.05) is 28.1 Å². The molecule has 2 saturated heterocycles. The average Bonchev–Trinajstić information content (AvgIpc) is 3.77. The third kappa shape index (κ3) is 6.77. The van der Waals surface area contributed by atoms with E-state index in [9.17, 15) is 0 Å². The number of nitrogens with one attached hydrogen (secondary N) is 1. The molecule has 6 nitrogen and oxygen atoms in total. The fourth-order valence-electron chi connectivity index (χ4n) is 5.56. The summed E-state index contributed by atoms with van der Waals surface area (Å²) in [6, 6.07) is 24.9. The quantitative estimate of drug-likeness (QED) is 0.198. The van der Waals surface area contributed by atoms with Crippen LogP contribution in [-0.4, -0.2) is 72.3 Å². The number of nitrogens with zero attached hydrogens (tertiary/aromatic N) is 3. The maximum absolute atomic E-state index is 6.05. The molecule has 2 aliphatic heterocycles. The SMILES string of the molecule is Brc1ccc(-c2nc(-c3ccc(OCCN4CCCC4)cc3)c(-c3ccc(OCCN4CCCC4)cc3)[nH]2)cc1. The van der Waals surface area contributed by atoms with Gasteiger partial charge in [0.05, 0.1) is 11.4 Å². The lowest BCUT2D eigenvalue weighted by molar-refractivity contribution is 0.237. The topological polar surface area (TPSA) is 53.6 Å². The van der Waals surface area contributed by atoms with Gasteiger partial charge in [-0.05, 0) is 113 Å². The standard InChI is InChI=1S/C33H37BrN4O2/c34-28-11-5-27(6-12-28)33-35-31(25-7-13-29(14-8-25)39-23-21-37-17-1-2-18-37)32(36-33)26-9-15-30(16-10-26)40-24-22-38-19-3-4-20-38/h5-16H,1-4,17-24H2,(H,35,36). The Morgan fingerprint density at radius 3 is 1.62 bits per heavy atom. The number of halogens is 1. The summed E-state index contributed by atoms with van der Waals surface area (Å²) in [5, 5.41) is 0. The van der Waals surface area contributed by atoms with Crippen LogP contribution in [0.4, 0.5) is 0 Å². The van der Waals surface area contributed by atoms with Crippen molar-refractivity contribution in [1.29, 1.82) is 0 Å². The number of H-pyrrole nitrogens is 1. The van der Waals surface area contributed by atoms with Crippen molar-refractivity contribution in [3.05, 3.63) is 77.3 Å². The van der Waals surface area contributed by atoms with Crippen molar-refractivity contribution in [3.63, 3.8) is 0 Å². The zero-order chi connectivity index (χ0) is 27.1. The molecule has 0 unspecified atom stereocenters. The minimum absolute atomic E-state index is 0.715. The highest BCUT2D eigenvalue weighted by molar-refractivity contribution is 9.10. The van der Waals surface area contributed by atoms with Gasteiger partial charge >= 0.3 is 0 Å². The summed E-state index contributed by atoms with van der Waals surface area (Å²) in [5.41, 5.74) is 5.07. The van der Waals surface area contributed by atoms with Crippen LogP contribution in [0.3, 0.4) is 0 Å². The first-order valence-electron chi connectivity index (χ1n) is 14.5. The minimum Gasteiger partial charge on any atom is -0.492 e. The molecule has 3 aromatic carbocycles. The molecular formula is C33H37BrN4O2. The Morgan fingerprint density at radius 2 is 1.10 bits per heavy atom. The highest BCUT2D eigenvalue weighted by Crippen LogP contribution is 2.35. The number of rotatable bonds is 11. The first-order chi connectivity index (χ1) is 19.7. The van der Waals surface area contributed by atoms with Gasteiger partial charge in [-0.15, -0.1) is 0 Å². The Morgan fingerprint density at radius 1 is 0.625 bits per heavy atom. The van der Waals surface area contributed by atoms with Gasteiger partial charge in [0.15, 0.2) is 0 Å². The maximum Gasteiger partial charge on any atom is 0.138 e. The largest absolute Gasteiger partial charge is 0.492 e. The minimum atomic E-state index is 0.715. The van der Waals surface area contributed by atoms with Crippen molar-refractivity contribution in [2.75, 3.05) is 52.5 Å². The summed E-state index contributed by atoms with van der Waals surface area (Å²) < 4.78 is 13.1.